The first-order chi connectivity index (χ1) is 8.28. The third-order valence-electron chi connectivity index (χ3n) is 1.93. The maximum atomic E-state index is 11.6. The average Bonchev–Trinajstić information content (AvgIpc) is 2.13. The summed E-state index contributed by atoms with van der Waals surface area (Å²) in [7, 11) is -3.63. The van der Waals surface area contributed by atoms with Gasteiger partial charge in [0.25, 0.3) is 10.2 Å². The minimum Gasteiger partial charge on any atom is -0.481 e. The first kappa shape index (κ1) is 14.5. The molecular formula is C11H16N2O4S. The third kappa shape index (κ3) is 5.15. The largest absolute Gasteiger partial charge is 0.481 e. The molecule has 0 heterocycles. The number of rotatable bonds is 6. The molecule has 0 amide bonds. The van der Waals surface area contributed by atoms with Gasteiger partial charge in [0, 0.05) is 6.04 Å². The van der Waals surface area contributed by atoms with Crippen molar-refractivity contribution in [1.29, 1.82) is 0 Å². The van der Waals surface area contributed by atoms with Gasteiger partial charge in [0.2, 0.25) is 0 Å². The molecule has 0 saturated heterocycles. The Morgan fingerprint density at radius 3 is 2.61 bits per heavy atom. The molecule has 1 rings (SSSR count). The normalized spacial score (nSPS) is 11.5. The van der Waals surface area contributed by atoms with Crippen LogP contribution in [-0.4, -0.2) is 25.5 Å². The summed E-state index contributed by atoms with van der Waals surface area (Å²) in [6.45, 7) is 3.42. The Bertz CT molecular complexity index is 526. The van der Waals surface area contributed by atoms with Crippen molar-refractivity contribution >= 4 is 21.9 Å². The number of carboxylic acids is 1. The zero-order chi connectivity index (χ0) is 13.8. The van der Waals surface area contributed by atoms with Crippen molar-refractivity contribution in [1.82, 2.24) is 4.72 Å². The van der Waals surface area contributed by atoms with Gasteiger partial charge < -0.3 is 5.11 Å². The predicted octanol–water partition coefficient (Wildman–Crippen LogP) is 0.968. The Kier molecular flexibility index (Phi) is 4.69. The van der Waals surface area contributed by atoms with Gasteiger partial charge in [0.15, 0.2) is 0 Å². The summed E-state index contributed by atoms with van der Waals surface area (Å²) < 4.78 is 27.9. The second kappa shape index (κ2) is 5.83. The van der Waals surface area contributed by atoms with E-state index in [1.807, 2.05) is 0 Å². The average molecular weight is 272 g/mol. The van der Waals surface area contributed by atoms with Crippen LogP contribution >= 0.6 is 0 Å². The fourth-order valence-electron chi connectivity index (χ4n) is 1.41. The molecule has 0 spiro atoms. The van der Waals surface area contributed by atoms with Gasteiger partial charge in [-0.25, -0.2) is 0 Å². The molecule has 100 valence electrons. The molecule has 0 atom stereocenters. The Balaban J connectivity index is 2.82. The maximum absolute atomic E-state index is 11.6. The summed E-state index contributed by atoms with van der Waals surface area (Å²) in [5, 5.41) is 8.66. The predicted molar refractivity (Wildman–Crippen MR) is 68.6 cm³/mol. The monoisotopic (exact) mass is 272 g/mol. The maximum Gasteiger partial charge on any atom is 0.307 e. The highest BCUT2D eigenvalue weighted by Crippen LogP contribution is 2.12. The molecule has 6 nitrogen and oxygen atoms in total. The van der Waals surface area contributed by atoms with Gasteiger partial charge in [-0.15, -0.1) is 0 Å². The quantitative estimate of drug-likeness (QED) is 0.719. The number of hydrogen-bond donors (Lipinski definition) is 3. The number of carboxylic acid groups (broad SMARTS) is 1. The van der Waals surface area contributed by atoms with E-state index in [1.165, 1.54) is 6.07 Å². The first-order valence-electron chi connectivity index (χ1n) is 5.39. The zero-order valence-corrected chi connectivity index (χ0v) is 11.0. The third-order valence-corrected chi connectivity index (χ3v) is 3.21. The van der Waals surface area contributed by atoms with Gasteiger partial charge >= 0.3 is 5.97 Å². The standard InChI is InChI=1S/C11H16N2O4S/c1-8(2)12-18(16,17)13-10-5-3-4-9(6-10)7-11(14)15/h3-6,8,12-13H,7H2,1-2H3,(H,14,15). The minimum absolute atomic E-state index is 0.146. The van der Waals surface area contributed by atoms with Crippen molar-refractivity contribution in [3.8, 4) is 0 Å². The summed E-state index contributed by atoms with van der Waals surface area (Å²) in [6, 6.07) is 6.07. The molecule has 7 heteroatoms. The van der Waals surface area contributed by atoms with Crippen LogP contribution in [0.15, 0.2) is 24.3 Å². The molecule has 0 fully saturated rings. The molecule has 1 aromatic rings. The highest BCUT2D eigenvalue weighted by atomic mass is 32.2. The number of aliphatic carboxylic acids is 1. The number of anilines is 1. The summed E-state index contributed by atoms with van der Waals surface area (Å²) in [5.74, 6) is -0.963. The number of benzene rings is 1. The van der Waals surface area contributed by atoms with Crippen LogP contribution in [0.3, 0.4) is 0 Å². The van der Waals surface area contributed by atoms with E-state index in [2.05, 4.69) is 9.44 Å². The lowest BCUT2D eigenvalue weighted by Gasteiger charge is -2.12. The Labute approximate surface area is 106 Å². The molecule has 0 aliphatic carbocycles. The Morgan fingerprint density at radius 1 is 1.39 bits per heavy atom. The summed E-state index contributed by atoms with van der Waals surface area (Å²) in [5.41, 5.74) is 0.870. The lowest BCUT2D eigenvalue weighted by Crippen LogP contribution is -2.35. The highest BCUT2D eigenvalue weighted by Gasteiger charge is 2.11. The molecule has 0 saturated carbocycles. The van der Waals surface area contributed by atoms with E-state index in [1.54, 1.807) is 32.0 Å². The van der Waals surface area contributed by atoms with E-state index in [0.717, 1.165) is 0 Å². The Morgan fingerprint density at radius 2 is 2.06 bits per heavy atom. The van der Waals surface area contributed by atoms with E-state index >= 15 is 0 Å². The van der Waals surface area contributed by atoms with Gasteiger partial charge in [-0.2, -0.15) is 13.1 Å². The lowest BCUT2D eigenvalue weighted by molar-refractivity contribution is -0.136. The molecule has 0 unspecified atom stereocenters. The van der Waals surface area contributed by atoms with Crippen LogP contribution in [-0.2, 0) is 21.4 Å². The molecule has 1 aromatic carbocycles. The van der Waals surface area contributed by atoms with Gasteiger partial charge in [-0.3, -0.25) is 9.52 Å². The highest BCUT2D eigenvalue weighted by molar-refractivity contribution is 7.90. The number of carbonyl (C=O) groups is 1. The summed E-state index contributed by atoms with van der Waals surface area (Å²) >= 11 is 0. The molecule has 0 aliphatic rings. The van der Waals surface area contributed by atoms with Crippen LogP contribution in [0.25, 0.3) is 0 Å². The fraction of sp³-hybridized carbons (Fsp3) is 0.364. The molecule has 18 heavy (non-hydrogen) atoms. The fourth-order valence-corrected chi connectivity index (χ4v) is 2.53. The van der Waals surface area contributed by atoms with Crippen molar-refractivity contribution < 1.29 is 18.3 Å². The van der Waals surface area contributed by atoms with Gasteiger partial charge in [-0.05, 0) is 31.5 Å². The van der Waals surface area contributed by atoms with E-state index in [4.69, 9.17) is 5.11 Å². The topological polar surface area (TPSA) is 95.5 Å². The molecule has 0 bridgehead atoms. The minimum atomic E-state index is -3.63. The zero-order valence-electron chi connectivity index (χ0n) is 10.2. The van der Waals surface area contributed by atoms with Crippen LogP contribution < -0.4 is 9.44 Å². The van der Waals surface area contributed by atoms with E-state index in [-0.39, 0.29) is 12.5 Å². The summed E-state index contributed by atoms with van der Waals surface area (Å²) in [6.07, 6.45) is -0.146. The van der Waals surface area contributed by atoms with Crippen molar-refractivity contribution in [3.05, 3.63) is 29.8 Å². The second-order valence-corrected chi connectivity index (χ2v) is 5.60. The molecule has 0 radical (unpaired) electrons. The van der Waals surface area contributed by atoms with Gasteiger partial charge in [0.1, 0.15) is 0 Å². The van der Waals surface area contributed by atoms with Crippen molar-refractivity contribution in [2.24, 2.45) is 0 Å². The van der Waals surface area contributed by atoms with Crippen molar-refractivity contribution in [2.45, 2.75) is 26.3 Å². The number of hydrogen-bond acceptors (Lipinski definition) is 3. The van der Waals surface area contributed by atoms with Crippen molar-refractivity contribution in [2.75, 3.05) is 4.72 Å². The SMILES string of the molecule is CC(C)NS(=O)(=O)Nc1cccc(CC(=O)O)c1. The second-order valence-electron chi connectivity index (χ2n) is 4.15. The summed E-state index contributed by atoms with van der Waals surface area (Å²) in [4.78, 5) is 10.6. The van der Waals surface area contributed by atoms with Crippen LogP contribution in [0.1, 0.15) is 19.4 Å². The van der Waals surface area contributed by atoms with Gasteiger partial charge in [-0.1, -0.05) is 12.1 Å². The molecular weight excluding hydrogens is 256 g/mol. The van der Waals surface area contributed by atoms with E-state index in [9.17, 15) is 13.2 Å². The molecule has 3 N–H and O–H groups in total. The smallest absolute Gasteiger partial charge is 0.307 e. The first-order valence-corrected chi connectivity index (χ1v) is 6.87. The van der Waals surface area contributed by atoms with Crippen LogP contribution in [0.5, 0.6) is 0 Å². The van der Waals surface area contributed by atoms with Crippen molar-refractivity contribution in [3.63, 3.8) is 0 Å². The molecule has 0 aromatic heterocycles. The van der Waals surface area contributed by atoms with Crippen LogP contribution in [0.2, 0.25) is 0 Å². The van der Waals surface area contributed by atoms with Crippen LogP contribution in [0.4, 0.5) is 5.69 Å². The van der Waals surface area contributed by atoms with E-state index in [0.29, 0.717) is 11.3 Å². The van der Waals surface area contributed by atoms with E-state index < -0.39 is 16.2 Å². The Hall–Kier alpha value is -1.60. The van der Waals surface area contributed by atoms with Gasteiger partial charge in [0.05, 0.1) is 12.1 Å². The number of nitrogens with one attached hydrogen (secondary N) is 2. The van der Waals surface area contributed by atoms with Crippen LogP contribution in [0, 0.1) is 0 Å². The molecule has 0 aliphatic heterocycles. The lowest BCUT2D eigenvalue weighted by atomic mass is 10.1.